The molecule has 0 bridgehead atoms. The molecule has 2 nitrogen and oxygen atoms in total. The first-order chi connectivity index (χ1) is 11.2. The quantitative estimate of drug-likeness (QED) is 0.513. The van der Waals surface area contributed by atoms with Crippen LogP contribution in [0.25, 0.3) is 22.3 Å². The van der Waals surface area contributed by atoms with Crippen molar-refractivity contribution >= 4 is 22.6 Å². The predicted octanol–water partition coefficient (Wildman–Crippen LogP) is 5.64. The monoisotopic (exact) mass is 416 g/mol. The van der Waals surface area contributed by atoms with Gasteiger partial charge in [0.2, 0.25) is 0 Å². The average Bonchev–Trinajstić information content (AvgIpc) is 2.63. The summed E-state index contributed by atoms with van der Waals surface area (Å²) in [5.41, 5.74) is 4.63. The second-order valence-corrected chi connectivity index (χ2v) is 6.21. The van der Waals surface area contributed by atoms with Gasteiger partial charge in [0.05, 0.1) is 17.8 Å². The van der Waals surface area contributed by atoms with Gasteiger partial charge in [-0.2, -0.15) is 0 Å². The molecule has 0 atom stereocenters. The summed E-state index contributed by atoms with van der Waals surface area (Å²) in [5, 5.41) is 0. The summed E-state index contributed by atoms with van der Waals surface area (Å²) in [6.45, 7) is 0. The van der Waals surface area contributed by atoms with E-state index in [9.17, 15) is 0 Å². The Kier molecular flexibility index (Phi) is 4.86. The van der Waals surface area contributed by atoms with E-state index in [0.29, 0.717) is 0 Å². The van der Waals surface area contributed by atoms with Gasteiger partial charge in [0.25, 0.3) is 0 Å². The van der Waals surface area contributed by atoms with Crippen molar-refractivity contribution in [3.63, 3.8) is 0 Å². The molecule has 0 aliphatic rings. The Morgan fingerprint density at radius 3 is 2.00 bits per heavy atom. The van der Waals surface area contributed by atoms with Gasteiger partial charge in [-0.3, -0.25) is 0 Å². The Bertz CT molecular complexity index is 796. The molecule has 0 aromatic heterocycles. The highest BCUT2D eigenvalue weighted by Gasteiger charge is 2.12. The Morgan fingerprint density at radius 2 is 1.39 bits per heavy atom. The van der Waals surface area contributed by atoms with E-state index in [1.54, 1.807) is 14.2 Å². The molecule has 0 heterocycles. The molecule has 0 aliphatic heterocycles. The predicted molar refractivity (Wildman–Crippen MR) is 103 cm³/mol. The Morgan fingerprint density at radius 1 is 0.696 bits per heavy atom. The van der Waals surface area contributed by atoms with Crippen LogP contribution in [0.3, 0.4) is 0 Å². The first-order valence-electron chi connectivity index (χ1n) is 7.30. The number of hydrogen-bond acceptors (Lipinski definition) is 2. The molecular weight excluding hydrogens is 399 g/mol. The lowest BCUT2D eigenvalue weighted by Gasteiger charge is -2.13. The van der Waals surface area contributed by atoms with Crippen LogP contribution in [0.2, 0.25) is 0 Å². The fourth-order valence-corrected chi connectivity index (χ4v) is 3.37. The molecule has 0 aliphatic carbocycles. The molecule has 0 fully saturated rings. The van der Waals surface area contributed by atoms with E-state index >= 15 is 0 Å². The first-order valence-corrected chi connectivity index (χ1v) is 8.38. The third-order valence-corrected chi connectivity index (χ3v) is 4.88. The van der Waals surface area contributed by atoms with E-state index in [1.807, 2.05) is 30.3 Å². The van der Waals surface area contributed by atoms with Gasteiger partial charge in [0, 0.05) is 0 Å². The minimum Gasteiger partial charge on any atom is -0.497 e. The standard InChI is InChI=1S/C20H17IO2/c1-22-17-10-8-15(9-11-17)18-12-16(13-19(23-2)20(18)21)14-6-4-3-5-7-14/h3-13H,1-2H3. The number of halogens is 1. The largest absolute Gasteiger partial charge is 0.497 e. The zero-order valence-corrected chi connectivity index (χ0v) is 15.2. The van der Waals surface area contributed by atoms with Crippen LogP contribution in [-0.4, -0.2) is 14.2 Å². The van der Waals surface area contributed by atoms with Crippen molar-refractivity contribution in [1.82, 2.24) is 0 Å². The lowest BCUT2D eigenvalue weighted by Crippen LogP contribution is -1.93. The molecule has 3 aromatic rings. The van der Waals surface area contributed by atoms with Crippen LogP contribution in [0.4, 0.5) is 0 Å². The van der Waals surface area contributed by atoms with Gasteiger partial charge >= 0.3 is 0 Å². The van der Waals surface area contributed by atoms with Crippen LogP contribution in [0, 0.1) is 3.57 Å². The van der Waals surface area contributed by atoms with Gasteiger partial charge in [0.1, 0.15) is 11.5 Å². The number of methoxy groups -OCH3 is 2. The van der Waals surface area contributed by atoms with Crippen LogP contribution in [0.5, 0.6) is 11.5 Å². The summed E-state index contributed by atoms with van der Waals surface area (Å²) in [5.74, 6) is 1.74. The zero-order valence-electron chi connectivity index (χ0n) is 13.0. The van der Waals surface area contributed by atoms with Crippen molar-refractivity contribution < 1.29 is 9.47 Å². The molecule has 0 spiro atoms. The molecule has 0 saturated heterocycles. The van der Waals surface area contributed by atoms with Crippen LogP contribution >= 0.6 is 22.6 Å². The number of benzene rings is 3. The summed E-state index contributed by atoms with van der Waals surface area (Å²) in [6, 6.07) is 22.7. The highest BCUT2D eigenvalue weighted by molar-refractivity contribution is 14.1. The van der Waals surface area contributed by atoms with Gasteiger partial charge in [-0.15, -0.1) is 0 Å². The highest BCUT2D eigenvalue weighted by Crippen LogP contribution is 2.37. The maximum Gasteiger partial charge on any atom is 0.133 e. The summed E-state index contributed by atoms with van der Waals surface area (Å²) in [4.78, 5) is 0. The van der Waals surface area contributed by atoms with Crippen molar-refractivity contribution in [2.75, 3.05) is 14.2 Å². The van der Waals surface area contributed by atoms with Gasteiger partial charge in [-0.1, -0.05) is 42.5 Å². The maximum atomic E-state index is 5.58. The first kappa shape index (κ1) is 15.9. The molecule has 0 saturated carbocycles. The van der Waals surface area contributed by atoms with Gasteiger partial charge < -0.3 is 9.47 Å². The fourth-order valence-electron chi connectivity index (χ4n) is 2.52. The van der Waals surface area contributed by atoms with E-state index < -0.39 is 0 Å². The fraction of sp³-hybridized carbons (Fsp3) is 0.100. The second kappa shape index (κ2) is 7.04. The van der Waals surface area contributed by atoms with Gasteiger partial charge in [0.15, 0.2) is 0 Å². The lowest BCUT2D eigenvalue weighted by atomic mass is 9.98. The number of rotatable bonds is 4. The Balaban J connectivity index is 2.15. The average molecular weight is 416 g/mol. The molecule has 0 unspecified atom stereocenters. The van der Waals surface area contributed by atoms with Crippen molar-refractivity contribution in [3.05, 3.63) is 70.3 Å². The molecule has 3 heteroatoms. The molecule has 116 valence electrons. The second-order valence-electron chi connectivity index (χ2n) is 5.13. The normalized spacial score (nSPS) is 10.4. The van der Waals surface area contributed by atoms with Crippen molar-refractivity contribution in [1.29, 1.82) is 0 Å². The van der Waals surface area contributed by atoms with Crippen LogP contribution < -0.4 is 9.47 Å². The minimum absolute atomic E-state index is 0.856. The minimum atomic E-state index is 0.856. The van der Waals surface area contributed by atoms with E-state index in [-0.39, 0.29) is 0 Å². The third-order valence-electron chi connectivity index (χ3n) is 3.77. The number of hydrogen-bond donors (Lipinski definition) is 0. The summed E-state index contributed by atoms with van der Waals surface area (Å²) < 4.78 is 11.9. The molecule has 3 rings (SSSR count). The smallest absolute Gasteiger partial charge is 0.133 e. The Labute approximate surface area is 150 Å². The van der Waals surface area contributed by atoms with Crippen molar-refractivity contribution in [2.24, 2.45) is 0 Å². The Hall–Kier alpha value is -2.01. The van der Waals surface area contributed by atoms with Gasteiger partial charge in [-0.25, -0.2) is 0 Å². The van der Waals surface area contributed by atoms with Crippen molar-refractivity contribution in [3.8, 4) is 33.8 Å². The molecule has 0 radical (unpaired) electrons. The van der Waals surface area contributed by atoms with E-state index in [4.69, 9.17) is 9.47 Å². The maximum absolute atomic E-state index is 5.58. The molecule has 0 N–H and O–H groups in total. The van der Waals surface area contributed by atoms with Crippen LogP contribution in [0.15, 0.2) is 66.7 Å². The van der Waals surface area contributed by atoms with E-state index in [0.717, 1.165) is 31.8 Å². The topological polar surface area (TPSA) is 18.5 Å². The van der Waals surface area contributed by atoms with Gasteiger partial charge in [-0.05, 0) is 69.1 Å². The van der Waals surface area contributed by atoms with Crippen LogP contribution in [0.1, 0.15) is 0 Å². The zero-order chi connectivity index (χ0) is 16.2. The molecular formula is C20H17IO2. The van der Waals surface area contributed by atoms with Crippen LogP contribution in [-0.2, 0) is 0 Å². The van der Waals surface area contributed by atoms with E-state index in [2.05, 4.69) is 59.0 Å². The third kappa shape index (κ3) is 3.34. The van der Waals surface area contributed by atoms with E-state index in [1.165, 1.54) is 5.56 Å². The summed E-state index contributed by atoms with van der Waals surface area (Å²) >= 11 is 2.34. The lowest BCUT2D eigenvalue weighted by molar-refractivity contribution is 0.412. The summed E-state index contributed by atoms with van der Waals surface area (Å²) in [7, 11) is 3.39. The molecule has 3 aromatic carbocycles. The van der Waals surface area contributed by atoms with Crippen molar-refractivity contribution in [2.45, 2.75) is 0 Å². The number of ether oxygens (including phenoxy) is 2. The molecule has 23 heavy (non-hydrogen) atoms. The SMILES string of the molecule is COc1ccc(-c2cc(-c3ccccc3)cc(OC)c2I)cc1. The summed E-state index contributed by atoms with van der Waals surface area (Å²) in [6.07, 6.45) is 0. The highest BCUT2D eigenvalue weighted by atomic mass is 127. The molecule has 0 amide bonds.